The van der Waals surface area contributed by atoms with E-state index in [4.69, 9.17) is 5.73 Å². The Kier molecular flexibility index (Phi) is 5.97. The number of pyridine rings is 1. The summed E-state index contributed by atoms with van der Waals surface area (Å²) >= 11 is 0. The Hall–Kier alpha value is -2.49. The number of amides is 1. The van der Waals surface area contributed by atoms with Gasteiger partial charge in [-0.15, -0.1) is 0 Å². The van der Waals surface area contributed by atoms with E-state index in [-0.39, 0.29) is 0 Å². The number of rotatable bonds is 7. The fourth-order valence-corrected chi connectivity index (χ4v) is 2.99. The molecule has 1 aromatic heterocycles. The van der Waals surface area contributed by atoms with Crippen molar-refractivity contribution in [2.24, 2.45) is 5.73 Å². The number of nitrogens with zero attached hydrogens (tertiary/aromatic N) is 1. The number of hydrogen-bond donors (Lipinski definition) is 4. The number of carbonyl (C=O) groups is 1. The lowest BCUT2D eigenvalue weighted by Crippen LogP contribution is -2.63. The lowest BCUT2D eigenvalue weighted by Gasteiger charge is -2.38. The van der Waals surface area contributed by atoms with Crippen molar-refractivity contribution < 1.29 is 23.1 Å². The highest BCUT2D eigenvalue weighted by Gasteiger charge is 2.35. The largest absolute Gasteiger partial charge is 0.386 e. The quantitative estimate of drug-likeness (QED) is 0.567. The summed E-state index contributed by atoms with van der Waals surface area (Å²) in [4.78, 5) is 15.5. The van der Waals surface area contributed by atoms with Crippen LogP contribution in [0.2, 0.25) is 0 Å². The second-order valence-electron chi connectivity index (χ2n) is 6.83. The van der Waals surface area contributed by atoms with Crippen LogP contribution in [0.4, 0.5) is 13.2 Å². The molecule has 0 bridgehead atoms. The van der Waals surface area contributed by atoms with Gasteiger partial charge in [-0.2, -0.15) is 8.78 Å². The van der Waals surface area contributed by atoms with Crippen LogP contribution in [-0.2, 0) is 10.3 Å². The number of carbonyl (C=O) groups excluding carboxylic acids is 1. The zero-order chi connectivity index (χ0) is 20.3. The summed E-state index contributed by atoms with van der Waals surface area (Å²) in [5, 5.41) is 15.1. The van der Waals surface area contributed by atoms with Crippen LogP contribution in [0.1, 0.15) is 17.4 Å². The molecule has 0 aliphatic carbocycles. The molecule has 2 atom stereocenters. The van der Waals surface area contributed by atoms with E-state index in [1.165, 1.54) is 0 Å². The van der Waals surface area contributed by atoms with E-state index >= 15 is 0 Å². The maximum Gasteiger partial charge on any atom is 0.315 e. The molecule has 1 aliphatic rings. The molecule has 5 N–H and O–H groups in total. The molecule has 0 radical (unpaired) electrons. The third-order valence-electron chi connectivity index (χ3n) is 4.81. The predicted octanol–water partition coefficient (Wildman–Crippen LogP) is 1.26. The van der Waals surface area contributed by atoms with Crippen molar-refractivity contribution in [2.45, 2.75) is 24.1 Å². The maximum absolute atomic E-state index is 13.1. The number of halogens is 3. The van der Waals surface area contributed by atoms with Gasteiger partial charge in [0.15, 0.2) is 0 Å². The third kappa shape index (κ3) is 4.16. The molecule has 1 aliphatic heterocycles. The molecule has 1 amide bonds. The number of hydrogen-bond acceptors (Lipinski definition) is 5. The lowest BCUT2D eigenvalue weighted by atomic mass is 9.89. The van der Waals surface area contributed by atoms with Gasteiger partial charge >= 0.3 is 6.43 Å². The average Bonchev–Trinajstić information content (AvgIpc) is 2.69. The number of benzene rings is 1. The molecule has 0 saturated carbocycles. The summed E-state index contributed by atoms with van der Waals surface area (Å²) in [7, 11) is 0. The highest BCUT2D eigenvalue weighted by Crippen LogP contribution is 2.26. The molecule has 28 heavy (non-hydrogen) atoms. The van der Waals surface area contributed by atoms with Gasteiger partial charge in [-0.05, 0) is 17.2 Å². The second-order valence-corrected chi connectivity index (χ2v) is 6.83. The average molecular weight is 394 g/mol. The van der Waals surface area contributed by atoms with E-state index in [1.807, 2.05) is 12.1 Å². The lowest BCUT2D eigenvalue weighted by molar-refractivity contribution is -0.133. The van der Waals surface area contributed by atoms with Gasteiger partial charge in [0.2, 0.25) is 0 Å². The molecule has 6 nitrogen and oxygen atoms in total. The van der Waals surface area contributed by atoms with Gasteiger partial charge in [0.1, 0.15) is 12.8 Å². The van der Waals surface area contributed by atoms with Gasteiger partial charge in [0.05, 0.1) is 17.3 Å². The molecule has 150 valence electrons. The number of aliphatic hydroxyl groups is 1. The highest BCUT2D eigenvalue weighted by molar-refractivity contribution is 5.79. The predicted molar refractivity (Wildman–Crippen MR) is 97.3 cm³/mol. The van der Waals surface area contributed by atoms with Crippen LogP contribution < -0.4 is 16.4 Å². The molecule has 1 fully saturated rings. The Balaban J connectivity index is 1.71. The maximum atomic E-state index is 13.1. The zero-order valence-corrected chi connectivity index (χ0v) is 14.9. The van der Waals surface area contributed by atoms with Gasteiger partial charge in [0.25, 0.3) is 5.91 Å². The van der Waals surface area contributed by atoms with Crippen molar-refractivity contribution in [1.29, 1.82) is 0 Å². The molecule has 0 spiro atoms. The number of aromatic nitrogens is 1. The molecule has 2 heterocycles. The van der Waals surface area contributed by atoms with Crippen LogP contribution in [0.3, 0.4) is 0 Å². The summed E-state index contributed by atoms with van der Waals surface area (Å²) in [5.74, 6) is -1.62. The molecule has 2 aromatic rings. The van der Waals surface area contributed by atoms with Crippen LogP contribution in [0, 0.1) is 0 Å². The summed E-state index contributed by atoms with van der Waals surface area (Å²) in [5.41, 5.74) is 8.48. The van der Waals surface area contributed by atoms with Crippen molar-refractivity contribution >= 4 is 5.91 Å². The minimum atomic E-state index is -3.28. The van der Waals surface area contributed by atoms with Crippen molar-refractivity contribution in [3.05, 3.63) is 53.9 Å². The molecule has 1 aromatic carbocycles. The number of nitrogens with two attached hydrogens (primary N) is 1. The fourth-order valence-electron chi connectivity index (χ4n) is 2.99. The summed E-state index contributed by atoms with van der Waals surface area (Å²) in [6.07, 6.45) is -3.03. The first kappa shape index (κ1) is 20.2. The zero-order valence-electron chi connectivity index (χ0n) is 14.9. The van der Waals surface area contributed by atoms with Crippen molar-refractivity contribution in [2.75, 3.05) is 19.8 Å². The van der Waals surface area contributed by atoms with Gasteiger partial charge in [0, 0.05) is 24.8 Å². The Bertz CT molecular complexity index is 811. The smallest absolute Gasteiger partial charge is 0.315 e. The van der Waals surface area contributed by atoms with Crippen LogP contribution >= 0.6 is 0 Å². The molecule has 9 heteroatoms. The van der Waals surface area contributed by atoms with Crippen LogP contribution in [0.25, 0.3) is 11.1 Å². The van der Waals surface area contributed by atoms with E-state index in [0.717, 1.165) is 16.8 Å². The number of nitrogens with one attached hydrogen (secondary N) is 2. The molecule has 0 unspecified atom stereocenters. The first-order valence-corrected chi connectivity index (χ1v) is 8.73. The Labute approximate surface area is 160 Å². The minimum absolute atomic E-state index is 0.298. The second kappa shape index (κ2) is 8.26. The van der Waals surface area contributed by atoms with Crippen LogP contribution in [-0.4, -0.2) is 48.2 Å². The summed E-state index contributed by atoms with van der Waals surface area (Å²) < 4.78 is 37.7. The standard InChI is InChI=1S/C19H21F3N4O2/c20-7-14(26-18(28)17(21)22)16(27)12-3-1-11(2-4-12)13-5-6-15(25-8-13)19(23)9-24-10-19/h1-6,8,14,16-17,24,27H,7,9-10,23H2,(H,26,28)/t14-,16-/m1/s1. The van der Waals surface area contributed by atoms with Gasteiger partial charge < -0.3 is 21.5 Å². The summed E-state index contributed by atoms with van der Waals surface area (Å²) in [6.45, 7) is 0.163. The van der Waals surface area contributed by atoms with E-state index in [2.05, 4.69) is 10.3 Å². The number of aliphatic hydroxyl groups excluding tert-OH is 1. The Morgan fingerprint density at radius 2 is 1.86 bits per heavy atom. The van der Waals surface area contributed by atoms with Crippen molar-refractivity contribution in [3.63, 3.8) is 0 Å². The summed E-state index contributed by atoms with van der Waals surface area (Å²) in [6, 6.07) is 8.78. The van der Waals surface area contributed by atoms with Gasteiger partial charge in [-0.25, -0.2) is 4.39 Å². The minimum Gasteiger partial charge on any atom is -0.386 e. The molecule has 3 rings (SSSR count). The monoisotopic (exact) mass is 394 g/mol. The Morgan fingerprint density at radius 3 is 2.32 bits per heavy atom. The highest BCUT2D eigenvalue weighted by atomic mass is 19.3. The van der Waals surface area contributed by atoms with E-state index in [1.54, 1.807) is 35.8 Å². The third-order valence-corrected chi connectivity index (χ3v) is 4.81. The topological polar surface area (TPSA) is 100 Å². The fraction of sp³-hybridized carbons (Fsp3) is 0.368. The van der Waals surface area contributed by atoms with Crippen molar-refractivity contribution in [1.82, 2.24) is 15.6 Å². The normalized spacial score (nSPS) is 17.6. The van der Waals surface area contributed by atoms with E-state index < -0.39 is 36.7 Å². The molecular formula is C19H21F3N4O2. The first-order valence-electron chi connectivity index (χ1n) is 8.73. The van der Waals surface area contributed by atoms with Gasteiger partial charge in [-0.3, -0.25) is 9.78 Å². The molecule has 1 saturated heterocycles. The van der Waals surface area contributed by atoms with Gasteiger partial charge in [-0.1, -0.05) is 30.3 Å². The number of alkyl halides is 3. The Morgan fingerprint density at radius 1 is 1.21 bits per heavy atom. The van der Waals surface area contributed by atoms with E-state index in [0.29, 0.717) is 18.7 Å². The SMILES string of the molecule is NC1(c2ccc(-c3ccc([C@@H](O)[C@@H](CF)NC(=O)C(F)F)cc3)cn2)CNC1. The van der Waals surface area contributed by atoms with Crippen LogP contribution in [0.15, 0.2) is 42.6 Å². The molecular weight excluding hydrogens is 373 g/mol. The first-order chi connectivity index (χ1) is 13.3. The van der Waals surface area contributed by atoms with Crippen LogP contribution in [0.5, 0.6) is 0 Å². The van der Waals surface area contributed by atoms with E-state index in [9.17, 15) is 23.1 Å². The van der Waals surface area contributed by atoms with Crippen molar-refractivity contribution in [3.8, 4) is 11.1 Å².